The molecule has 0 saturated heterocycles. The van der Waals surface area contributed by atoms with Crippen molar-refractivity contribution in [3.05, 3.63) is 96.1 Å². The van der Waals surface area contributed by atoms with Gasteiger partial charge in [-0.25, -0.2) is 4.98 Å². The van der Waals surface area contributed by atoms with Crippen molar-refractivity contribution in [1.29, 1.82) is 0 Å². The maximum Gasteiger partial charge on any atom is 0.138 e. The lowest BCUT2D eigenvalue weighted by Gasteiger charge is -2.04. The summed E-state index contributed by atoms with van der Waals surface area (Å²) >= 11 is 0. The molecule has 2 heterocycles. The molecule has 5 nitrogen and oxygen atoms in total. The minimum Gasteiger partial charge on any atom is -0.508 e. The van der Waals surface area contributed by atoms with Gasteiger partial charge in [0.15, 0.2) is 0 Å². The molecule has 6 rings (SSSR count). The number of hydrogen-bond donors (Lipinski definition) is 3. The molecule has 0 atom stereocenters. The molecule has 0 saturated carbocycles. The molecule has 0 spiro atoms. The summed E-state index contributed by atoms with van der Waals surface area (Å²) in [5.41, 5.74) is 9.20. The number of nitrogens with zero attached hydrogens (tertiary/aromatic N) is 2. The predicted octanol–water partition coefficient (Wildman–Crippen LogP) is 5.99. The van der Waals surface area contributed by atoms with E-state index in [1.165, 1.54) is 5.56 Å². The van der Waals surface area contributed by atoms with Crippen LogP contribution in [-0.2, 0) is 6.42 Å². The lowest BCUT2D eigenvalue weighted by Crippen LogP contribution is -1.99. The van der Waals surface area contributed by atoms with Crippen LogP contribution in [0.15, 0.2) is 89.9 Å². The van der Waals surface area contributed by atoms with E-state index in [4.69, 9.17) is 4.99 Å². The zero-order valence-corrected chi connectivity index (χ0v) is 17.1. The number of aromatic hydroxyl groups is 2. The molecule has 32 heavy (non-hydrogen) atoms. The Morgan fingerprint density at radius 2 is 1.28 bits per heavy atom. The molecule has 0 aliphatic carbocycles. The second-order valence-electron chi connectivity index (χ2n) is 7.99. The molecule has 5 aromatic rings. The highest BCUT2D eigenvalue weighted by Crippen LogP contribution is 2.34. The zero-order chi connectivity index (χ0) is 21.7. The van der Waals surface area contributed by atoms with E-state index in [9.17, 15) is 10.2 Å². The maximum absolute atomic E-state index is 9.53. The summed E-state index contributed by atoms with van der Waals surface area (Å²) in [5.74, 6) is 1.27. The van der Waals surface area contributed by atoms with Gasteiger partial charge in [-0.3, -0.25) is 4.99 Å². The molecule has 5 heteroatoms. The highest BCUT2D eigenvalue weighted by atomic mass is 16.3. The summed E-state index contributed by atoms with van der Waals surface area (Å²) in [6.07, 6.45) is 0.788. The van der Waals surface area contributed by atoms with Crippen molar-refractivity contribution < 1.29 is 10.2 Å². The Labute approximate surface area is 184 Å². The lowest BCUT2D eigenvalue weighted by atomic mass is 10.00. The highest BCUT2D eigenvalue weighted by Gasteiger charge is 2.17. The smallest absolute Gasteiger partial charge is 0.138 e. The topological polar surface area (TPSA) is 81.5 Å². The fraction of sp³-hybridized carbons (Fsp3) is 0.0370. The molecule has 1 aliphatic rings. The average Bonchev–Trinajstić information content (AvgIpc) is 3.43. The van der Waals surface area contributed by atoms with Crippen LogP contribution in [0.25, 0.3) is 33.5 Å². The number of rotatable bonds is 3. The number of nitrogens with one attached hydrogen (secondary N) is 1. The van der Waals surface area contributed by atoms with Crippen LogP contribution < -0.4 is 0 Å². The molecule has 0 fully saturated rings. The van der Waals surface area contributed by atoms with E-state index in [-0.39, 0.29) is 11.5 Å². The molecular formula is C27H19N3O2. The van der Waals surface area contributed by atoms with E-state index in [1.807, 2.05) is 30.3 Å². The number of aromatic nitrogens is 2. The van der Waals surface area contributed by atoms with Crippen LogP contribution in [-0.4, -0.2) is 25.9 Å². The Bertz CT molecular complexity index is 1500. The fourth-order valence-corrected chi connectivity index (χ4v) is 4.13. The first-order chi connectivity index (χ1) is 15.6. The van der Waals surface area contributed by atoms with E-state index < -0.39 is 0 Å². The van der Waals surface area contributed by atoms with Crippen molar-refractivity contribution in [3.8, 4) is 34.0 Å². The third-order valence-corrected chi connectivity index (χ3v) is 5.86. The molecule has 1 aromatic heterocycles. The average molecular weight is 417 g/mol. The summed E-state index contributed by atoms with van der Waals surface area (Å²) < 4.78 is 0. The minimum atomic E-state index is 0.236. The summed E-state index contributed by atoms with van der Waals surface area (Å²) in [4.78, 5) is 12.9. The van der Waals surface area contributed by atoms with Gasteiger partial charge in [0.2, 0.25) is 0 Å². The predicted molar refractivity (Wildman–Crippen MR) is 127 cm³/mol. The summed E-state index contributed by atoms with van der Waals surface area (Å²) in [6.45, 7) is 0. The molecular weight excluding hydrogens is 398 g/mol. The number of phenolic OH excluding ortho intramolecular Hbond substituents is 2. The molecule has 0 unspecified atom stereocenters. The number of H-pyrrole nitrogens is 1. The van der Waals surface area contributed by atoms with Gasteiger partial charge in [0.05, 0.1) is 22.4 Å². The quantitative estimate of drug-likeness (QED) is 0.337. The van der Waals surface area contributed by atoms with Crippen LogP contribution in [0.3, 0.4) is 0 Å². The standard InChI is InChI=1S/C27H19N3O2/c31-21-8-3-16(4-9-21)24-15-20-2-1-18(13-25(20)28-24)19-7-12-23-26(14-19)30-27(29-23)17-5-10-22(32)11-6-17/h1-14,31-32H,15H2,(H,29,30). The summed E-state index contributed by atoms with van der Waals surface area (Å²) in [7, 11) is 0. The zero-order valence-electron chi connectivity index (χ0n) is 17.1. The third kappa shape index (κ3) is 3.20. The molecule has 4 aromatic carbocycles. The molecule has 1 aliphatic heterocycles. The van der Waals surface area contributed by atoms with Gasteiger partial charge in [0, 0.05) is 12.0 Å². The van der Waals surface area contributed by atoms with Gasteiger partial charge in [-0.05, 0) is 89.0 Å². The van der Waals surface area contributed by atoms with Gasteiger partial charge in [-0.1, -0.05) is 18.2 Å². The number of hydrogen-bond acceptors (Lipinski definition) is 4. The van der Waals surface area contributed by atoms with Gasteiger partial charge in [0.1, 0.15) is 17.3 Å². The van der Waals surface area contributed by atoms with Crippen molar-refractivity contribution >= 4 is 22.4 Å². The van der Waals surface area contributed by atoms with Gasteiger partial charge in [-0.15, -0.1) is 0 Å². The fourth-order valence-electron chi connectivity index (χ4n) is 4.13. The first kappa shape index (κ1) is 18.4. The maximum atomic E-state index is 9.53. The van der Waals surface area contributed by atoms with Gasteiger partial charge in [0.25, 0.3) is 0 Å². The first-order valence-electron chi connectivity index (χ1n) is 10.4. The summed E-state index contributed by atoms with van der Waals surface area (Å²) in [6, 6.07) is 26.8. The van der Waals surface area contributed by atoms with Crippen molar-refractivity contribution in [2.24, 2.45) is 4.99 Å². The number of imidazole rings is 1. The van der Waals surface area contributed by atoms with Crippen molar-refractivity contribution in [2.75, 3.05) is 0 Å². The highest BCUT2D eigenvalue weighted by molar-refractivity contribution is 6.06. The molecule has 0 bridgehead atoms. The normalized spacial score (nSPS) is 12.7. The number of aliphatic imine (C=N–C) groups is 1. The van der Waals surface area contributed by atoms with Gasteiger partial charge < -0.3 is 15.2 Å². The molecule has 3 N–H and O–H groups in total. The third-order valence-electron chi connectivity index (χ3n) is 5.86. The largest absolute Gasteiger partial charge is 0.508 e. The number of aromatic amines is 1. The number of fused-ring (bicyclic) bond motifs is 2. The minimum absolute atomic E-state index is 0.236. The van der Waals surface area contributed by atoms with E-state index in [0.717, 1.165) is 56.9 Å². The Morgan fingerprint density at radius 3 is 2.03 bits per heavy atom. The van der Waals surface area contributed by atoms with Gasteiger partial charge in [-0.2, -0.15) is 0 Å². The van der Waals surface area contributed by atoms with Crippen molar-refractivity contribution in [3.63, 3.8) is 0 Å². The van der Waals surface area contributed by atoms with Crippen LogP contribution in [0.1, 0.15) is 11.1 Å². The SMILES string of the molecule is Oc1ccc(C2=Nc3cc(-c4ccc5nc(-c6ccc(O)cc6)[nH]c5c4)ccc3C2)cc1. The van der Waals surface area contributed by atoms with Crippen LogP contribution in [0.5, 0.6) is 11.5 Å². The Hall–Kier alpha value is -4.38. The van der Waals surface area contributed by atoms with Crippen LogP contribution in [0, 0.1) is 0 Å². The first-order valence-corrected chi connectivity index (χ1v) is 10.4. The van der Waals surface area contributed by atoms with E-state index >= 15 is 0 Å². The van der Waals surface area contributed by atoms with Crippen LogP contribution in [0.4, 0.5) is 5.69 Å². The molecule has 0 amide bonds. The van der Waals surface area contributed by atoms with Crippen molar-refractivity contribution in [2.45, 2.75) is 6.42 Å². The Kier molecular flexibility index (Phi) is 4.08. The monoisotopic (exact) mass is 417 g/mol. The van der Waals surface area contributed by atoms with Crippen LogP contribution in [0.2, 0.25) is 0 Å². The second kappa shape index (κ2) is 7.10. The lowest BCUT2D eigenvalue weighted by molar-refractivity contribution is 0.475. The Balaban J connectivity index is 1.34. The Morgan fingerprint density at radius 1 is 0.656 bits per heavy atom. The van der Waals surface area contributed by atoms with E-state index in [1.54, 1.807) is 24.3 Å². The van der Waals surface area contributed by atoms with E-state index in [0.29, 0.717) is 0 Å². The summed E-state index contributed by atoms with van der Waals surface area (Å²) in [5, 5.41) is 19.0. The van der Waals surface area contributed by atoms with Crippen molar-refractivity contribution in [1.82, 2.24) is 9.97 Å². The van der Waals surface area contributed by atoms with Crippen LogP contribution >= 0.6 is 0 Å². The molecule has 154 valence electrons. The number of benzene rings is 4. The van der Waals surface area contributed by atoms with Gasteiger partial charge >= 0.3 is 0 Å². The second-order valence-corrected chi connectivity index (χ2v) is 7.99. The molecule has 0 radical (unpaired) electrons. The number of phenols is 2. The van der Waals surface area contributed by atoms with E-state index in [2.05, 4.69) is 40.3 Å².